The molecule has 0 saturated heterocycles. The Hall–Kier alpha value is -0.300. The predicted octanol–water partition coefficient (Wildman–Crippen LogP) is 2.49. The summed E-state index contributed by atoms with van der Waals surface area (Å²) in [6, 6.07) is -0.0882. The molecule has 5 nitrogen and oxygen atoms in total. The molecule has 0 aromatic carbocycles. The van der Waals surface area contributed by atoms with Crippen molar-refractivity contribution in [1.82, 2.24) is 14.1 Å². The molecule has 0 aliphatic heterocycles. The van der Waals surface area contributed by atoms with E-state index in [2.05, 4.69) is 5.10 Å². The van der Waals surface area contributed by atoms with Crippen LogP contribution in [0.5, 0.6) is 0 Å². The van der Waals surface area contributed by atoms with Gasteiger partial charge in [-0.15, -0.1) is 11.6 Å². The van der Waals surface area contributed by atoms with Crippen molar-refractivity contribution in [2.24, 2.45) is 7.05 Å². The predicted molar refractivity (Wildman–Crippen MR) is 77.2 cm³/mol. The number of halogens is 2. The first-order valence-electron chi connectivity index (χ1n) is 6.15. The smallest absolute Gasteiger partial charge is 0.255 e. The van der Waals surface area contributed by atoms with Crippen molar-refractivity contribution >= 4 is 33.2 Å². The fourth-order valence-electron chi connectivity index (χ4n) is 2.08. The maximum Gasteiger partial charge on any atom is 0.262 e. The van der Waals surface area contributed by atoms with Crippen molar-refractivity contribution in [3.63, 3.8) is 0 Å². The van der Waals surface area contributed by atoms with E-state index in [0.717, 1.165) is 12.8 Å². The van der Waals surface area contributed by atoms with Crippen LogP contribution in [0.3, 0.4) is 0 Å². The van der Waals surface area contributed by atoms with Crippen LogP contribution in [0.15, 0.2) is 11.2 Å². The topological polar surface area (TPSA) is 55.2 Å². The van der Waals surface area contributed by atoms with Crippen LogP contribution >= 0.6 is 23.2 Å². The van der Waals surface area contributed by atoms with E-state index in [1.54, 1.807) is 7.05 Å². The fourth-order valence-corrected chi connectivity index (χ4v) is 4.74. The lowest BCUT2D eigenvalue weighted by atomic mass is 10.2. The summed E-state index contributed by atoms with van der Waals surface area (Å²) in [6.07, 6.45) is 2.78. The second kappa shape index (κ2) is 6.92. The maximum absolute atomic E-state index is 12.7. The Bertz CT molecular complexity index is 493. The molecule has 1 aromatic rings. The first kappa shape index (κ1) is 16.8. The third-order valence-electron chi connectivity index (χ3n) is 3.05. The first-order chi connectivity index (χ1) is 8.89. The van der Waals surface area contributed by atoms with E-state index in [4.69, 9.17) is 23.2 Å². The Labute approximate surface area is 124 Å². The van der Waals surface area contributed by atoms with Crippen molar-refractivity contribution in [2.75, 3.05) is 12.4 Å². The molecular weight excluding hydrogens is 309 g/mol. The number of rotatable bonds is 7. The van der Waals surface area contributed by atoms with Gasteiger partial charge in [-0.2, -0.15) is 9.40 Å². The van der Waals surface area contributed by atoms with Gasteiger partial charge in [-0.3, -0.25) is 4.68 Å². The minimum Gasteiger partial charge on any atom is -0.255 e. The molecule has 0 N–H and O–H groups in total. The molecule has 1 aromatic heterocycles. The van der Waals surface area contributed by atoms with E-state index in [0.29, 0.717) is 0 Å². The Morgan fingerprint density at radius 1 is 1.42 bits per heavy atom. The van der Waals surface area contributed by atoms with Gasteiger partial charge in [-0.1, -0.05) is 25.4 Å². The van der Waals surface area contributed by atoms with Gasteiger partial charge in [-0.05, 0) is 12.8 Å². The molecule has 0 spiro atoms. The Kier molecular flexibility index (Phi) is 6.11. The van der Waals surface area contributed by atoms with Gasteiger partial charge in [0.2, 0.25) is 0 Å². The summed E-state index contributed by atoms with van der Waals surface area (Å²) in [6.45, 7) is 4.17. The van der Waals surface area contributed by atoms with Crippen molar-refractivity contribution in [3.8, 4) is 0 Å². The van der Waals surface area contributed by atoms with Gasteiger partial charge < -0.3 is 0 Å². The second-order valence-corrected chi connectivity index (χ2v) is 6.79. The van der Waals surface area contributed by atoms with E-state index < -0.39 is 10.0 Å². The Balaban J connectivity index is 3.28. The minimum atomic E-state index is -3.69. The third-order valence-corrected chi connectivity index (χ3v) is 5.68. The molecule has 0 unspecified atom stereocenters. The number of hydrogen-bond donors (Lipinski definition) is 0. The SMILES string of the molecule is CCC(CC)N(CCCl)S(=O)(=O)c1c(Cl)cnn1C. The molecule has 1 rings (SSSR count). The van der Waals surface area contributed by atoms with Crippen LogP contribution in [0, 0.1) is 0 Å². The van der Waals surface area contributed by atoms with Crippen LogP contribution in [0.25, 0.3) is 0 Å². The van der Waals surface area contributed by atoms with Crippen LogP contribution in [0.4, 0.5) is 0 Å². The maximum atomic E-state index is 12.7. The number of aryl methyl sites for hydroxylation is 1. The van der Waals surface area contributed by atoms with Crippen molar-refractivity contribution in [1.29, 1.82) is 0 Å². The van der Waals surface area contributed by atoms with Crippen LogP contribution in [0.2, 0.25) is 5.02 Å². The van der Waals surface area contributed by atoms with E-state index in [1.165, 1.54) is 15.2 Å². The number of hydrogen-bond acceptors (Lipinski definition) is 3. The summed E-state index contributed by atoms with van der Waals surface area (Å²) in [4.78, 5) is 0. The van der Waals surface area contributed by atoms with E-state index in [-0.39, 0.29) is 28.5 Å². The molecule has 0 saturated carbocycles. The molecule has 110 valence electrons. The largest absolute Gasteiger partial charge is 0.262 e. The van der Waals surface area contributed by atoms with Gasteiger partial charge in [0.25, 0.3) is 10.0 Å². The highest BCUT2D eigenvalue weighted by atomic mass is 35.5. The number of aromatic nitrogens is 2. The lowest BCUT2D eigenvalue weighted by molar-refractivity contribution is 0.314. The third kappa shape index (κ3) is 3.42. The van der Waals surface area contributed by atoms with E-state index >= 15 is 0 Å². The average molecular weight is 328 g/mol. The summed E-state index contributed by atoms with van der Waals surface area (Å²) in [7, 11) is -2.13. The number of sulfonamides is 1. The molecule has 0 atom stereocenters. The first-order valence-corrected chi connectivity index (χ1v) is 8.50. The van der Waals surface area contributed by atoms with Gasteiger partial charge >= 0.3 is 0 Å². The highest BCUT2D eigenvalue weighted by molar-refractivity contribution is 7.89. The van der Waals surface area contributed by atoms with Gasteiger partial charge in [0, 0.05) is 25.5 Å². The average Bonchev–Trinajstić information content (AvgIpc) is 2.69. The molecule has 0 amide bonds. The fraction of sp³-hybridized carbons (Fsp3) is 0.727. The molecule has 0 fully saturated rings. The normalized spacial score (nSPS) is 12.6. The van der Waals surface area contributed by atoms with Gasteiger partial charge in [0.1, 0.15) is 0 Å². The van der Waals surface area contributed by atoms with Gasteiger partial charge in [0.05, 0.1) is 11.2 Å². The monoisotopic (exact) mass is 327 g/mol. The van der Waals surface area contributed by atoms with Gasteiger partial charge in [-0.25, -0.2) is 8.42 Å². The van der Waals surface area contributed by atoms with E-state index in [9.17, 15) is 8.42 Å². The van der Waals surface area contributed by atoms with Crippen molar-refractivity contribution < 1.29 is 8.42 Å². The van der Waals surface area contributed by atoms with E-state index in [1.807, 2.05) is 13.8 Å². The highest BCUT2D eigenvalue weighted by Gasteiger charge is 2.33. The molecule has 0 bridgehead atoms. The summed E-state index contributed by atoms with van der Waals surface area (Å²) >= 11 is 11.7. The van der Waals surface area contributed by atoms with Crippen LogP contribution in [0.1, 0.15) is 26.7 Å². The summed E-state index contributed by atoms with van der Waals surface area (Å²) < 4.78 is 28.1. The molecular formula is C11H19Cl2N3O2S. The van der Waals surface area contributed by atoms with Gasteiger partial charge in [0.15, 0.2) is 5.03 Å². The molecule has 8 heteroatoms. The zero-order valence-corrected chi connectivity index (χ0v) is 13.6. The molecule has 0 radical (unpaired) electrons. The summed E-state index contributed by atoms with van der Waals surface area (Å²) in [5.74, 6) is 0.241. The van der Waals surface area contributed by atoms with Crippen LogP contribution in [-0.4, -0.2) is 41.0 Å². The van der Waals surface area contributed by atoms with Crippen molar-refractivity contribution in [2.45, 2.75) is 37.8 Å². The Morgan fingerprint density at radius 2 is 2.00 bits per heavy atom. The lowest BCUT2D eigenvalue weighted by Crippen LogP contribution is -2.41. The Morgan fingerprint density at radius 3 is 2.37 bits per heavy atom. The molecule has 0 aliphatic rings. The zero-order chi connectivity index (χ0) is 14.6. The second-order valence-electron chi connectivity index (χ2n) is 4.20. The summed E-state index contributed by atoms with van der Waals surface area (Å²) in [5.41, 5.74) is 0. The number of alkyl halides is 1. The highest BCUT2D eigenvalue weighted by Crippen LogP contribution is 2.26. The van der Waals surface area contributed by atoms with Crippen molar-refractivity contribution in [3.05, 3.63) is 11.2 Å². The van der Waals surface area contributed by atoms with Crippen LogP contribution in [-0.2, 0) is 17.1 Å². The van der Waals surface area contributed by atoms with Crippen LogP contribution < -0.4 is 0 Å². The minimum absolute atomic E-state index is 0.0196. The zero-order valence-electron chi connectivity index (χ0n) is 11.3. The molecule has 19 heavy (non-hydrogen) atoms. The number of nitrogens with zero attached hydrogens (tertiary/aromatic N) is 3. The quantitative estimate of drug-likeness (QED) is 0.723. The lowest BCUT2D eigenvalue weighted by Gasteiger charge is -2.28. The standard InChI is InChI=1S/C11H19Cl2N3O2S/c1-4-9(5-2)16(7-6-12)19(17,18)11-10(13)8-14-15(11)3/h8-9H,4-7H2,1-3H3. The molecule has 1 heterocycles. The molecule has 0 aliphatic carbocycles. The summed E-state index contributed by atoms with van der Waals surface area (Å²) in [5, 5.41) is 4.03.